The zero-order valence-electron chi connectivity index (χ0n) is 13.1. The zero-order valence-corrected chi connectivity index (χ0v) is 13.1. The highest BCUT2D eigenvalue weighted by Crippen LogP contribution is 2.28. The molecule has 1 aromatic rings. The number of aromatic nitrogens is 2. The molecule has 1 saturated heterocycles. The summed E-state index contributed by atoms with van der Waals surface area (Å²) in [5, 5.41) is 8.29. The molecule has 2 atom stereocenters. The van der Waals surface area contributed by atoms with Crippen LogP contribution in [-0.4, -0.2) is 28.0 Å². The van der Waals surface area contributed by atoms with E-state index < -0.39 is 0 Å². The first-order chi connectivity index (χ1) is 8.72. The molecular weight excluding hydrogens is 238 g/mol. The van der Waals surface area contributed by atoms with E-state index in [1.807, 2.05) is 11.7 Å². The van der Waals surface area contributed by atoms with Crippen molar-refractivity contribution in [1.29, 1.82) is 0 Å². The van der Waals surface area contributed by atoms with Gasteiger partial charge in [0.1, 0.15) is 0 Å². The molecule has 19 heavy (non-hydrogen) atoms. The van der Waals surface area contributed by atoms with Gasteiger partial charge in [-0.05, 0) is 20.3 Å². The van der Waals surface area contributed by atoms with E-state index in [1.165, 1.54) is 11.3 Å². The fourth-order valence-electron chi connectivity index (χ4n) is 2.66. The van der Waals surface area contributed by atoms with Crippen LogP contribution in [0.15, 0.2) is 6.20 Å². The highest BCUT2D eigenvalue weighted by molar-refractivity contribution is 5.24. The standard InChI is InChI=1S/C15H27N3O/c1-11-15(5,7-8-19-11)16-9-12-10-18(6)17-13(12)14(2,3)4/h10-11,16H,7-9H2,1-6H3. The summed E-state index contributed by atoms with van der Waals surface area (Å²) in [5.74, 6) is 0. The molecule has 108 valence electrons. The van der Waals surface area contributed by atoms with Crippen LogP contribution < -0.4 is 5.32 Å². The second-order valence-corrected chi connectivity index (χ2v) is 6.96. The summed E-state index contributed by atoms with van der Waals surface area (Å²) in [4.78, 5) is 0. The minimum atomic E-state index is 0.0744. The summed E-state index contributed by atoms with van der Waals surface area (Å²) in [6.45, 7) is 12.7. The van der Waals surface area contributed by atoms with Crippen LogP contribution in [0.5, 0.6) is 0 Å². The Morgan fingerprint density at radius 3 is 2.74 bits per heavy atom. The minimum absolute atomic E-state index is 0.0744. The summed E-state index contributed by atoms with van der Waals surface area (Å²) in [5.41, 5.74) is 2.62. The lowest BCUT2D eigenvalue weighted by molar-refractivity contribution is 0.0881. The fraction of sp³-hybridized carbons (Fsp3) is 0.800. The maximum absolute atomic E-state index is 5.68. The van der Waals surface area contributed by atoms with Crippen molar-refractivity contribution in [2.45, 2.75) is 64.6 Å². The van der Waals surface area contributed by atoms with E-state index in [-0.39, 0.29) is 17.1 Å². The van der Waals surface area contributed by atoms with E-state index in [2.05, 4.69) is 51.2 Å². The van der Waals surface area contributed by atoms with Crippen molar-refractivity contribution in [1.82, 2.24) is 15.1 Å². The molecular formula is C15H27N3O. The molecule has 2 unspecified atom stereocenters. The highest BCUT2D eigenvalue weighted by atomic mass is 16.5. The van der Waals surface area contributed by atoms with Crippen LogP contribution >= 0.6 is 0 Å². The van der Waals surface area contributed by atoms with Crippen LogP contribution in [0.2, 0.25) is 0 Å². The van der Waals surface area contributed by atoms with E-state index in [0.717, 1.165) is 19.6 Å². The Hall–Kier alpha value is -0.870. The summed E-state index contributed by atoms with van der Waals surface area (Å²) >= 11 is 0. The molecule has 2 heterocycles. The SMILES string of the molecule is CC1OCCC1(C)NCc1cn(C)nc1C(C)(C)C. The van der Waals surface area contributed by atoms with Crippen molar-refractivity contribution in [2.75, 3.05) is 6.61 Å². The lowest BCUT2D eigenvalue weighted by atomic mass is 9.89. The third-order valence-corrected chi connectivity index (χ3v) is 4.18. The first-order valence-electron chi connectivity index (χ1n) is 7.12. The number of rotatable bonds is 3. The third-order valence-electron chi connectivity index (χ3n) is 4.18. The van der Waals surface area contributed by atoms with Gasteiger partial charge in [0, 0.05) is 42.9 Å². The molecule has 0 spiro atoms. The van der Waals surface area contributed by atoms with Gasteiger partial charge in [-0.15, -0.1) is 0 Å². The van der Waals surface area contributed by atoms with Crippen LogP contribution in [0.3, 0.4) is 0 Å². The van der Waals surface area contributed by atoms with Crippen LogP contribution in [0.4, 0.5) is 0 Å². The van der Waals surface area contributed by atoms with Crippen LogP contribution in [0, 0.1) is 0 Å². The molecule has 0 bridgehead atoms. The molecule has 0 aliphatic carbocycles. The van der Waals surface area contributed by atoms with Crippen molar-refractivity contribution in [2.24, 2.45) is 7.05 Å². The average molecular weight is 265 g/mol. The van der Waals surface area contributed by atoms with E-state index >= 15 is 0 Å². The number of hydrogen-bond acceptors (Lipinski definition) is 3. The Morgan fingerprint density at radius 1 is 1.53 bits per heavy atom. The first-order valence-corrected chi connectivity index (χ1v) is 7.12. The summed E-state index contributed by atoms with van der Waals surface area (Å²) in [6, 6.07) is 0. The molecule has 1 aliphatic heterocycles. The van der Waals surface area contributed by atoms with Crippen molar-refractivity contribution in [3.8, 4) is 0 Å². The van der Waals surface area contributed by atoms with Gasteiger partial charge in [-0.1, -0.05) is 20.8 Å². The normalized spacial score (nSPS) is 28.0. The van der Waals surface area contributed by atoms with E-state index in [9.17, 15) is 0 Å². The molecule has 1 aromatic heterocycles. The fourth-order valence-corrected chi connectivity index (χ4v) is 2.66. The monoisotopic (exact) mass is 265 g/mol. The Morgan fingerprint density at radius 2 is 2.21 bits per heavy atom. The quantitative estimate of drug-likeness (QED) is 0.912. The van der Waals surface area contributed by atoms with Gasteiger partial charge < -0.3 is 10.1 Å². The van der Waals surface area contributed by atoms with Gasteiger partial charge in [0.2, 0.25) is 0 Å². The zero-order chi connectivity index (χ0) is 14.3. The molecule has 1 N–H and O–H groups in total. The van der Waals surface area contributed by atoms with E-state index in [0.29, 0.717) is 0 Å². The second kappa shape index (κ2) is 4.91. The summed E-state index contributed by atoms with van der Waals surface area (Å²) in [6.07, 6.45) is 3.46. The molecule has 0 radical (unpaired) electrons. The molecule has 0 saturated carbocycles. The Bertz CT molecular complexity index is 447. The van der Waals surface area contributed by atoms with Gasteiger partial charge in [-0.2, -0.15) is 5.10 Å². The van der Waals surface area contributed by atoms with Gasteiger partial charge in [-0.3, -0.25) is 4.68 Å². The van der Waals surface area contributed by atoms with Gasteiger partial charge in [0.25, 0.3) is 0 Å². The summed E-state index contributed by atoms with van der Waals surface area (Å²) in [7, 11) is 1.99. The second-order valence-electron chi connectivity index (χ2n) is 6.96. The van der Waals surface area contributed by atoms with Crippen molar-refractivity contribution in [3.05, 3.63) is 17.5 Å². The maximum Gasteiger partial charge on any atom is 0.0726 e. The van der Waals surface area contributed by atoms with Crippen molar-refractivity contribution >= 4 is 0 Å². The molecule has 4 nitrogen and oxygen atoms in total. The van der Waals surface area contributed by atoms with Gasteiger partial charge in [0.05, 0.1) is 11.8 Å². The third kappa shape index (κ3) is 3.00. The Kier molecular flexibility index (Phi) is 3.76. The van der Waals surface area contributed by atoms with Gasteiger partial charge in [0.15, 0.2) is 0 Å². The predicted molar refractivity (Wildman–Crippen MR) is 77.2 cm³/mol. The largest absolute Gasteiger partial charge is 0.377 e. The number of nitrogens with one attached hydrogen (secondary N) is 1. The van der Waals surface area contributed by atoms with E-state index in [1.54, 1.807) is 0 Å². The van der Waals surface area contributed by atoms with Crippen LogP contribution in [0.1, 0.15) is 52.3 Å². The number of nitrogens with zero attached hydrogens (tertiary/aromatic N) is 2. The molecule has 1 fully saturated rings. The lowest BCUT2D eigenvalue weighted by Gasteiger charge is -2.29. The first kappa shape index (κ1) is 14.5. The Balaban J connectivity index is 2.12. The topological polar surface area (TPSA) is 39.1 Å². The molecule has 4 heteroatoms. The number of hydrogen-bond donors (Lipinski definition) is 1. The number of ether oxygens (including phenoxy) is 1. The van der Waals surface area contributed by atoms with Gasteiger partial charge >= 0.3 is 0 Å². The predicted octanol–water partition coefficient (Wildman–Crippen LogP) is 2.37. The average Bonchev–Trinajstić information content (AvgIpc) is 2.81. The highest BCUT2D eigenvalue weighted by Gasteiger charge is 2.36. The Labute approximate surface area is 116 Å². The number of aryl methyl sites for hydroxylation is 1. The minimum Gasteiger partial charge on any atom is -0.377 e. The van der Waals surface area contributed by atoms with E-state index in [4.69, 9.17) is 4.74 Å². The lowest BCUT2D eigenvalue weighted by Crippen LogP contribution is -2.47. The molecule has 0 amide bonds. The van der Waals surface area contributed by atoms with Gasteiger partial charge in [-0.25, -0.2) is 0 Å². The molecule has 1 aliphatic rings. The summed E-state index contributed by atoms with van der Waals surface area (Å²) < 4.78 is 7.59. The van der Waals surface area contributed by atoms with Crippen LogP contribution in [-0.2, 0) is 23.7 Å². The van der Waals surface area contributed by atoms with Crippen LogP contribution in [0.25, 0.3) is 0 Å². The van der Waals surface area contributed by atoms with Crippen molar-refractivity contribution < 1.29 is 4.74 Å². The smallest absolute Gasteiger partial charge is 0.0726 e. The molecule has 2 rings (SSSR count). The molecule has 0 aromatic carbocycles. The van der Waals surface area contributed by atoms with Crippen molar-refractivity contribution in [3.63, 3.8) is 0 Å². The maximum atomic E-state index is 5.68.